The van der Waals surface area contributed by atoms with Crippen molar-refractivity contribution in [3.8, 4) is 11.5 Å². The predicted octanol–water partition coefficient (Wildman–Crippen LogP) is 2.85. The van der Waals surface area contributed by atoms with E-state index in [1.807, 2.05) is 6.92 Å². The van der Waals surface area contributed by atoms with Crippen molar-refractivity contribution in [3.63, 3.8) is 0 Å². The molecular formula is C18H21NO6S. The molecule has 0 unspecified atom stereocenters. The van der Waals surface area contributed by atoms with Crippen LogP contribution in [0.3, 0.4) is 0 Å². The van der Waals surface area contributed by atoms with Crippen molar-refractivity contribution in [3.05, 3.63) is 47.5 Å². The molecule has 0 aliphatic heterocycles. The number of anilines is 1. The average Bonchev–Trinajstić information content (AvgIpc) is 2.66. The summed E-state index contributed by atoms with van der Waals surface area (Å²) in [4.78, 5) is 11.8. The molecular weight excluding hydrogens is 358 g/mol. The third kappa shape index (κ3) is 4.08. The molecule has 0 radical (unpaired) electrons. The van der Waals surface area contributed by atoms with Gasteiger partial charge in [-0.15, -0.1) is 0 Å². The van der Waals surface area contributed by atoms with Gasteiger partial charge >= 0.3 is 5.97 Å². The summed E-state index contributed by atoms with van der Waals surface area (Å²) in [6.07, 6.45) is 0.619. The van der Waals surface area contributed by atoms with Crippen LogP contribution >= 0.6 is 0 Å². The van der Waals surface area contributed by atoms with Gasteiger partial charge in [-0.2, -0.15) is 0 Å². The van der Waals surface area contributed by atoms with Gasteiger partial charge < -0.3 is 14.2 Å². The van der Waals surface area contributed by atoms with E-state index < -0.39 is 16.0 Å². The fourth-order valence-corrected chi connectivity index (χ4v) is 3.55. The number of aryl methyl sites for hydroxylation is 1. The van der Waals surface area contributed by atoms with Crippen LogP contribution in [0, 0.1) is 0 Å². The number of ether oxygens (including phenoxy) is 3. The minimum atomic E-state index is -3.89. The second kappa shape index (κ2) is 8.09. The first-order valence-electron chi connectivity index (χ1n) is 7.82. The van der Waals surface area contributed by atoms with Crippen LogP contribution in [0.25, 0.3) is 0 Å². The molecule has 0 saturated carbocycles. The highest BCUT2D eigenvalue weighted by atomic mass is 32.2. The van der Waals surface area contributed by atoms with Gasteiger partial charge in [0.1, 0.15) is 11.5 Å². The Kier molecular flexibility index (Phi) is 6.10. The minimum Gasteiger partial charge on any atom is -0.496 e. The van der Waals surface area contributed by atoms with E-state index in [2.05, 4.69) is 9.46 Å². The SMILES string of the molecule is CCc1cc(S(=O)(=O)Nc2cc(C(=O)OC)ccc2OC)ccc1OC. The summed E-state index contributed by atoms with van der Waals surface area (Å²) < 4.78 is 43.1. The molecule has 8 heteroatoms. The molecule has 140 valence electrons. The van der Waals surface area contributed by atoms with Gasteiger partial charge in [-0.3, -0.25) is 4.72 Å². The van der Waals surface area contributed by atoms with Gasteiger partial charge in [-0.05, 0) is 48.4 Å². The van der Waals surface area contributed by atoms with Crippen LogP contribution in [0.2, 0.25) is 0 Å². The maximum atomic E-state index is 12.8. The second-order valence-electron chi connectivity index (χ2n) is 5.34. The summed E-state index contributed by atoms with van der Waals surface area (Å²) in [5, 5.41) is 0. The van der Waals surface area contributed by atoms with Gasteiger partial charge in [-0.25, -0.2) is 13.2 Å². The van der Waals surface area contributed by atoms with Crippen LogP contribution in [-0.2, 0) is 21.2 Å². The molecule has 2 aromatic rings. The Morgan fingerprint density at radius 3 is 2.23 bits per heavy atom. The highest BCUT2D eigenvalue weighted by Gasteiger charge is 2.19. The van der Waals surface area contributed by atoms with Crippen LogP contribution < -0.4 is 14.2 Å². The van der Waals surface area contributed by atoms with E-state index in [-0.39, 0.29) is 21.9 Å². The smallest absolute Gasteiger partial charge is 0.337 e. The Balaban J connectivity index is 2.44. The lowest BCUT2D eigenvalue weighted by Gasteiger charge is -2.14. The standard InChI is InChI=1S/C18H21NO6S/c1-5-12-10-14(7-9-16(12)23-2)26(21,22)19-15-11-13(18(20)25-4)6-8-17(15)24-3/h6-11,19H,5H2,1-4H3. The van der Waals surface area contributed by atoms with Gasteiger partial charge in [0.15, 0.2) is 0 Å². The summed E-state index contributed by atoms with van der Waals surface area (Å²) in [6.45, 7) is 1.91. The van der Waals surface area contributed by atoms with Gasteiger partial charge in [0.25, 0.3) is 10.0 Å². The van der Waals surface area contributed by atoms with Gasteiger partial charge in [0.05, 0.1) is 37.5 Å². The highest BCUT2D eigenvalue weighted by molar-refractivity contribution is 7.92. The number of hydrogen-bond donors (Lipinski definition) is 1. The summed E-state index contributed by atoms with van der Waals surface area (Å²) in [6, 6.07) is 8.97. The number of hydrogen-bond acceptors (Lipinski definition) is 6. The van der Waals surface area contributed by atoms with Crippen LogP contribution in [0.5, 0.6) is 11.5 Å². The highest BCUT2D eigenvalue weighted by Crippen LogP contribution is 2.30. The lowest BCUT2D eigenvalue weighted by atomic mass is 10.1. The molecule has 0 aromatic heterocycles. The van der Waals surface area contributed by atoms with E-state index >= 15 is 0 Å². The fraction of sp³-hybridized carbons (Fsp3) is 0.278. The zero-order valence-electron chi connectivity index (χ0n) is 15.0. The third-order valence-corrected chi connectivity index (χ3v) is 5.17. The van der Waals surface area contributed by atoms with E-state index in [4.69, 9.17) is 9.47 Å². The first-order chi connectivity index (χ1) is 12.4. The number of esters is 1. The molecule has 0 saturated heterocycles. The van der Waals surface area contributed by atoms with E-state index in [0.29, 0.717) is 12.2 Å². The predicted molar refractivity (Wildman–Crippen MR) is 97.5 cm³/mol. The number of rotatable bonds is 7. The fourth-order valence-electron chi connectivity index (χ4n) is 2.43. The maximum absolute atomic E-state index is 12.8. The van der Waals surface area contributed by atoms with Crippen molar-refractivity contribution in [1.29, 1.82) is 0 Å². The van der Waals surface area contributed by atoms with Crippen molar-refractivity contribution in [2.45, 2.75) is 18.2 Å². The largest absolute Gasteiger partial charge is 0.496 e. The number of nitrogens with one attached hydrogen (secondary N) is 1. The Labute approximate surface area is 152 Å². The zero-order chi connectivity index (χ0) is 19.3. The summed E-state index contributed by atoms with van der Waals surface area (Å²) in [5.74, 6) is 0.327. The lowest BCUT2D eigenvalue weighted by Crippen LogP contribution is -2.15. The molecule has 2 rings (SSSR count). The lowest BCUT2D eigenvalue weighted by molar-refractivity contribution is 0.0600. The zero-order valence-corrected chi connectivity index (χ0v) is 15.8. The maximum Gasteiger partial charge on any atom is 0.337 e. The summed E-state index contributed by atoms with van der Waals surface area (Å²) in [5.41, 5.74) is 1.12. The Hall–Kier alpha value is -2.74. The Bertz CT molecular complexity index is 908. The topological polar surface area (TPSA) is 90.9 Å². The number of methoxy groups -OCH3 is 3. The molecule has 0 aliphatic rings. The van der Waals surface area contributed by atoms with E-state index in [1.165, 1.54) is 45.6 Å². The van der Waals surface area contributed by atoms with E-state index in [0.717, 1.165) is 5.56 Å². The molecule has 0 aliphatic carbocycles. The quantitative estimate of drug-likeness (QED) is 0.744. The number of sulfonamides is 1. The number of carbonyl (C=O) groups excluding carboxylic acids is 1. The van der Waals surface area contributed by atoms with Crippen LogP contribution in [-0.4, -0.2) is 35.7 Å². The monoisotopic (exact) mass is 379 g/mol. The molecule has 0 atom stereocenters. The van der Waals surface area contributed by atoms with Crippen molar-refractivity contribution in [2.75, 3.05) is 26.1 Å². The Morgan fingerprint density at radius 1 is 1.00 bits per heavy atom. The molecule has 26 heavy (non-hydrogen) atoms. The first-order valence-corrected chi connectivity index (χ1v) is 9.30. The molecule has 0 heterocycles. The molecule has 0 bridgehead atoms. The van der Waals surface area contributed by atoms with Crippen LogP contribution in [0.15, 0.2) is 41.3 Å². The molecule has 7 nitrogen and oxygen atoms in total. The van der Waals surface area contributed by atoms with Crippen LogP contribution in [0.1, 0.15) is 22.8 Å². The normalized spacial score (nSPS) is 10.9. The summed E-state index contributed by atoms with van der Waals surface area (Å²) >= 11 is 0. The van der Waals surface area contributed by atoms with Crippen molar-refractivity contribution in [1.82, 2.24) is 0 Å². The van der Waals surface area contributed by atoms with Gasteiger partial charge in [0, 0.05) is 0 Å². The number of carbonyl (C=O) groups is 1. The third-order valence-electron chi connectivity index (χ3n) is 3.81. The molecule has 2 aromatic carbocycles. The molecule has 0 fully saturated rings. The first kappa shape index (κ1) is 19.6. The summed E-state index contributed by atoms with van der Waals surface area (Å²) in [7, 11) is 0.302. The van der Waals surface area contributed by atoms with E-state index in [9.17, 15) is 13.2 Å². The molecule has 0 amide bonds. The molecule has 0 spiro atoms. The van der Waals surface area contributed by atoms with Crippen molar-refractivity contribution < 1.29 is 27.4 Å². The number of benzene rings is 2. The van der Waals surface area contributed by atoms with Gasteiger partial charge in [0.2, 0.25) is 0 Å². The average molecular weight is 379 g/mol. The van der Waals surface area contributed by atoms with Gasteiger partial charge in [-0.1, -0.05) is 6.92 Å². The van der Waals surface area contributed by atoms with E-state index in [1.54, 1.807) is 12.1 Å². The Morgan fingerprint density at radius 2 is 1.65 bits per heavy atom. The molecule has 1 N–H and O–H groups in total. The minimum absolute atomic E-state index is 0.0840. The van der Waals surface area contributed by atoms with Crippen LogP contribution in [0.4, 0.5) is 5.69 Å². The van der Waals surface area contributed by atoms with Crippen molar-refractivity contribution in [2.24, 2.45) is 0 Å². The second-order valence-corrected chi connectivity index (χ2v) is 7.02. The van der Waals surface area contributed by atoms with Crippen molar-refractivity contribution >= 4 is 21.7 Å².